The summed E-state index contributed by atoms with van der Waals surface area (Å²) in [6.07, 6.45) is 4.80. The standard InChI is InChI=1S/C31H43N3O5S/c1-8-17-32(21-11-13-22(14-12-21)39-10-3)27(36)24-23-15-16-31(40-23)25(24)28(37)34(20(4)19-35)26(31)29(38)33(18-9-2)30(5,6)7/h8-9,11-14,20,23-26,35H,1-2,10,15-19H2,3-7H3/t20-,23-,24+,25+,26?,31?/m1/s1. The van der Waals surface area contributed by atoms with Gasteiger partial charge in [-0.1, -0.05) is 12.2 Å². The molecule has 40 heavy (non-hydrogen) atoms. The summed E-state index contributed by atoms with van der Waals surface area (Å²) in [5.41, 5.74) is 0.209. The third kappa shape index (κ3) is 4.96. The first-order valence-electron chi connectivity index (χ1n) is 14.1. The van der Waals surface area contributed by atoms with Crippen LogP contribution in [-0.2, 0) is 14.4 Å². The van der Waals surface area contributed by atoms with Gasteiger partial charge in [0.2, 0.25) is 17.7 Å². The summed E-state index contributed by atoms with van der Waals surface area (Å²) < 4.78 is 4.84. The van der Waals surface area contributed by atoms with Gasteiger partial charge in [-0.3, -0.25) is 14.4 Å². The monoisotopic (exact) mass is 569 g/mol. The molecule has 3 heterocycles. The molecule has 0 aliphatic carbocycles. The molecular weight excluding hydrogens is 526 g/mol. The number of thioether (sulfide) groups is 1. The maximum absolute atomic E-state index is 14.4. The number of carbonyl (C=O) groups is 3. The fraction of sp³-hybridized carbons (Fsp3) is 0.581. The van der Waals surface area contributed by atoms with Crippen molar-refractivity contribution >= 4 is 35.2 Å². The number of aliphatic hydroxyl groups excluding tert-OH is 1. The topological polar surface area (TPSA) is 90.4 Å². The number of hydrogen-bond donors (Lipinski definition) is 1. The van der Waals surface area contributed by atoms with Crippen LogP contribution in [0.25, 0.3) is 0 Å². The lowest BCUT2D eigenvalue weighted by Gasteiger charge is -2.43. The molecular formula is C31H43N3O5S. The lowest BCUT2D eigenvalue weighted by Crippen LogP contribution is -2.60. The first-order chi connectivity index (χ1) is 19.0. The maximum Gasteiger partial charge on any atom is 0.247 e. The van der Waals surface area contributed by atoms with E-state index < -0.39 is 34.2 Å². The van der Waals surface area contributed by atoms with Crippen LogP contribution < -0.4 is 9.64 Å². The van der Waals surface area contributed by atoms with Crippen LogP contribution in [0.1, 0.15) is 47.5 Å². The average Bonchev–Trinajstić information content (AvgIpc) is 3.56. The van der Waals surface area contributed by atoms with Gasteiger partial charge in [0.1, 0.15) is 11.8 Å². The zero-order valence-electron chi connectivity index (χ0n) is 24.3. The molecule has 1 spiro atoms. The van der Waals surface area contributed by atoms with Gasteiger partial charge in [0, 0.05) is 29.6 Å². The summed E-state index contributed by atoms with van der Waals surface area (Å²) in [6.45, 7) is 18.2. The number of rotatable bonds is 11. The van der Waals surface area contributed by atoms with Crippen molar-refractivity contribution in [3.05, 3.63) is 49.6 Å². The van der Waals surface area contributed by atoms with Gasteiger partial charge in [-0.2, -0.15) is 0 Å². The highest BCUT2D eigenvalue weighted by molar-refractivity contribution is 8.02. The van der Waals surface area contributed by atoms with Crippen molar-refractivity contribution in [3.63, 3.8) is 0 Å². The molecule has 3 aliphatic rings. The zero-order valence-corrected chi connectivity index (χ0v) is 25.2. The minimum Gasteiger partial charge on any atom is -0.494 e. The summed E-state index contributed by atoms with van der Waals surface area (Å²) in [7, 11) is 0. The Labute approximate surface area is 242 Å². The van der Waals surface area contributed by atoms with Crippen LogP contribution in [0.15, 0.2) is 49.6 Å². The first kappa shape index (κ1) is 30.2. The molecule has 0 aromatic heterocycles. The van der Waals surface area contributed by atoms with Crippen LogP contribution in [0.4, 0.5) is 5.69 Å². The lowest BCUT2D eigenvalue weighted by molar-refractivity contribution is -0.147. The van der Waals surface area contributed by atoms with E-state index in [1.165, 1.54) is 0 Å². The predicted octanol–water partition coefficient (Wildman–Crippen LogP) is 3.89. The third-order valence-corrected chi connectivity index (χ3v) is 10.4. The molecule has 3 aliphatic heterocycles. The number of anilines is 1. The highest BCUT2D eigenvalue weighted by atomic mass is 32.2. The maximum atomic E-state index is 14.4. The van der Waals surface area contributed by atoms with Gasteiger partial charge in [0.05, 0.1) is 35.8 Å². The van der Waals surface area contributed by atoms with Crippen LogP contribution in [0.5, 0.6) is 5.75 Å². The Balaban J connectivity index is 1.75. The smallest absolute Gasteiger partial charge is 0.247 e. The third-order valence-electron chi connectivity index (χ3n) is 8.42. The van der Waals surface area contributed by atoms with Crippen LogP contribution >= 0.6 is 11.8 Å². The molecule has 2 bridgehead atoms. The van der Waals surface area contributed by atoms with Gasteiger partial charge >= 0.3 is 0 Å². The molecule has 1 aromatic rings. The van der Waals surface area contributed by atoms with Gasteiger partial charge in [-0.15, -0.1) is 24.9 Å². The Morgan fingerprint density at radius 2 is 1.85 bits per heavy atom. The summed E-state index contributed by atoms with van der Waals surface area (Å²) in [5, 5.41) is 10.1. The molecule has 3 fully saturated rings. The van der Waals surface area contributed by atoms with Gasteiger partial charge in [0.25, 0.3) is 0 Å². The van der Waals surface area contributed by atoms with Crippen molar-refractivity contribution in [2.45, 2.75) is 75.1 Å². The molecule has 9 heteroatoms. The predicted molar refractivity (Wildman–Crippen MR) is 159 cm³/mol. The fourth-order valence-corrected chi connectivity index (χ4v) is 8.90. The molecule has 4 rings (SSSR count). The molecule has 1 N–H and O–H groups in total. The van der Waals surface area contributed by atoms with Gasteiger partial charge in [-0.25, -0.2) is 0 Å². The normalized spacial score (nSPS) is 27.8. The highest BCUT2D eigenvalue weighted by Crippen LogP contribution is 2.67. The first-order valence-corrected chi connectivity index (χ1v) is 15.0. The average molecular weight is 570 g/mol. The number of benzene rings is 1. The van der Waals surface area contributed by atoms with E-state index in [-0.39, 0.29) is 29.6 Å². The number of carbonyl (C=O) groups excluding carboxylic acids is 3. The lowest BCUT2D eigenvalue weighted by atomic mass is 9.70. The van der Waals surface area contributed by atoms with Crippen molar-refractivity contribution in [2.24, 2.45) is 11.8 Å². The highest BCUT2D eigenvalue weighted by Gasteiger charge is 2.74. The number of likely N-dealkylation sites (tertiary alicyclic amines) is 1. The van der Waals surface area contributed by atoms with E-state index in [9.17, 15) is 19.5 Å². The van der Waals surface area contributed by atoms with Crippen molar-refractivity contribution < 1.29 is 24.2 Å². The van der Waals surface area contributed by atoms with Crippen molar-refractivity contribution in [2.75, 3.05) is 31.2 Å². The van der Waals surface area contributed by atoms with Crippen molar-refractivity contribution in [3.8, 4) is 5.75 Å². The molecule has 3 amide bonds. The van der Waals surface area contributed by atoms with Crippen LogP contribution in [-0.4, -0.2) is 86.6 Å². The number of hydrogen-bond acceptors (Lipinski definition) is 6. The summed E-state index contributed by atoms with van der Waals surface area (Å²) >= 11 is 1.63. The molecule has 3 saturated heterocycles. The molecule has 218 valence electrons. The second-order valence-electron chi connectivity index (χ2n) is 11.9. The molecule has 2 unspecified atom stereocenters. The number of aliphatic hydroxyl groups is 1. The van der Waals surface area contributed by atoms with Crippen LogP contribution in [0.2, 0.25) is 0 Å². The Morgan fingerprint density at radius 3 is 2.40 bits per heavy atom. The van der Waals surface area contributed by atoms with Crippen LogP contribution in [0, 0.1) is 11.8 Å². The van der Waals surface area contributed by atoms with Gasteiger partial charge in [-0.05, 0) is 71.7 Å². The molecule has 0 saturated carbocycles. The van der Waals surface area contributed by atoms with E-state index in [1.54, 1.807) is 45.5 Å². The minimum atomic E-state index is -0.766. The van der Waals surface area contributed by atoms with Gasteiger partial charge < -0.3 is 24.5 Å². The Morgan fingerprint density at radius 1 is 1.20 bits per heavy atom. The van der Waals surface area contributed by atoms with Crippen LogP contribution in [0.3, 0.4) is 0 Å². The molecule has 0 radical (unpaired) electrons. The zero-order chi connectivity index (χ0) is 29.4. The quantitative estimate of drug-likeness (QED) is 0.407. The number of amides is 3. The summed E-state index contributed by atoms with van der Waals surface area (Å²) in [5.74, 6) is -1.01. The SMILES string of the molecule is C=CCN(C(=O)[C@@H]1[C@H]2C(=O)N([C@H](C)CO)C(C(=O)N(CC=C)C(C)(C)C)C23CC[C@H]1S3)c1ccc(OCC)cc1. The number of nitrogens with zero attached hydrogens (tertiary/aromatic N) is 3. The molecule has 6 atom stereocenters. The summed E-state index contributed by atoms with van der Waals surface area (Å²) in [4.78, 5) is 48.0. The fourth-order valence-electron chi connectivity index (χ4n) is 6.71. The van der Waals surface area contributed by atoms with E-state index in [2.05, 4.69) is 13.2 Å². The van der Waals surface area contributed by atoms with E-state index in [1.807, 2.05) is 52.0 Å². The van der Waals surface area contributed by atoms with E-state index in [4.69, 9.17) is 4.74 Å². The second-order valence-corrected chi connectivity index (χ2v) is 13.5. The molecule has 1 aromatic carbocycles. The Kier molecular flexibility index (Phi) is 8.76. The van der Waals surface area contributed by atoms with Crippen molar-refractivity contribution in [1.82, 2.24) is 9.80 Å². The Bertz CT molecular complexity index is 1150. The van der Waals surface area contributed by atoms with E-state index >= 15 is 0 Å². The van der Waals surface area contributed by atoms with E-state index in [0.717, 1.165) is 12.2 Å². The van der Waals surface area contributed by atoms with E-state index in [0.29, 0.717) is 31.8 Å². The second kappa shape index (κ2) is 11.6. The Hall–Kier alpha value is -2.78. The van der Waals surface area contributed by atoms with Gasteiger partial charge in [0.15, 0.2) is 0 Å². The molecule has 8 nitrogen and oxygen atoms in total. The number of fused-ring (bicyclic) bond motifs is 1. The minimum absolute atomic E-state index is 0.0687. The largest absolute Gasteiger partial charge is 0.494 e. The van der Waals surface area contributed by atoms with Crippen molar-refractivity contribution in [1.29, 1.82) is 0 Å². The summed E-state index contributed by atoms with van der Waals surface area (Å²) in [6, 6.07) is 6.04. The number of ether oxygens (including phenoxy) is 1.